The van der Waals surface area contributed by atoms with Gasteiger partial charge >= 0.3 is 0 Å². The van der Waals surface area contributed by atoms with Crippen molar-refractivity contribution in [2.45, 2.75) is 44.9 Å². The summed E-state index contributed by atoms with van der Waals surface area (Å²) in [5.74, 6) is 0. The van der Waals surface area contributed by atoms with E-state index in [1.165, 1.54) is 5.56 Å². The maximum Gasteiger partial charge on any atom is 0.0702 e. The van der Waals surface area contributed by atoms with E-state index in [1.54, 1.807) is 6.20 Å². The molecule has 106 valence electrons. The van der Waals surface area contributed by atoms with E-state index in [-0.39, 0.29) is 6.10 Å². The van der Waals surface area contributed by atoms with E-state index in [0.717, 1.165) is 39.0 Å². The third kappa shape index (κ3) is 4.90. The van der Waals surface area contributed by atoms with Crippen LogP contribution in [0.15, 0.2) is 24.5 Å². The van der Waals surface area contributed by atoms with Crippen LogP contribution in [0.2, 0.25) is 0 Å². The Bertz CT molecular complexity index is 352. The quantitative estimate of drug-likeness (QED) is 0.816. The van der Waals surface area contributed by atoms with E-state index in [1.807, 2.05) is 19.2 Å². The topological polar surface area (TPSA) is 45.6 Å². The van der Waals surface area contributed by atoms with Crippen molar-refractivity contribution in [3.8, 4) is 0 Å². The molecule has 0 amide bonds. The zero-order chi connectivity index (χ0) is 13.5. The maximum atomic E-state index is 9.88. The van der Waals surface area contributed by atoms with Crippen LogP contribution in [-0.4, -0.2) is 46.9 Å². The molecule has 2 heterocycles. The summed E-state index contributed by atoms with van der Waals surface area (Å²) in [5.41, 5.74) is 1.18. The number of aliphatic hydroxyl groups excluding tert-OH is 1. The van der Waals surface area contributed by atoms with Crippen molar-refractivity contribution in [2.24, 2.45) is 0 Å². The first-order valence-corrected chi connectivity index (χ1v) is 7.19. The molecule has 0 saturated carbocycles. The molecule has 0 aliphatic carbocycles. The average Bonchev–Trinajstić information content (AvgIpc) is 2.92. The van der Waals surface area contributed by atoms with Gasteiger partial charge in [0.25, 0.3) is 0 Å². The van der Waals surface area contributed by atoms with Gasteiger partial charge in [-0.2, -0.15) is 0 Å². The van der Waals surface area contributed by atoms with Crippen LogP contribution in [0.1, 0.15) is 31.7 Å². The number of hydrogen-bond acceptors (Lipinski definition) is 4. The molecule has 1 saturated heterocycles. The average molecular weight is 264 g/mol. The SMILES string of the molecule is CCC(O)CN(Cc1cccnc1)CC1CCCO1. The summed E-state index contributed by atoms with van der Waals surface area (Å²) < 4.78 is 5.70. The van der Waals surface area contributed by atoms with Gasteiger partial charge in [0.1, 0.15) is 0 Å². The lowest BCUT2D eigenvalue weighted by molar-refractivity contribution is 0.0454. The van der Waals surface area contributed by atoms with E-state index in [2.05, 4.69) is 16.0 Å². The van der Waals surface area contributed by atoms with E-state index >= 15 is 0 Å². The Kier molecular flexibility index (Phi) is 5.76. The molecule has 2 unspecified atom stereocenters. The van der Waals surface area contributed by atoms with Gasteiger partial charge in [-0.3, -0.25) is 9.88 Å². The molecule has 1 aliphatic heterocycles. The van der Waals surface area contributed by atoms with Gasteiger partial charge < -0.3 is 9.84 Å². The summed E-state index contributed by atoms with van der Waals surface area (Å²) in [6.07, 6.45) is 6.80. The van der Waals surface area contributed by atoms with Crippen molar-refractivity contribution >= 4 is 0 Å². The molecule has 1 N–H and O–H groups in total. The lowest BCUT2D eigenvalue weighted by atomic mass is 10.2. The van der Waals surface area contributed by atoms with Crippen LogP contribution in [0.4, 0.5) is 0 Å². The van der Waals surface area contributed by atoms with Crippen molar-refractivity contribution in [3.05, 3.63) is 30.1 Å². The monoisotopic (exact) mass is 264 g/mol. The fourth-order valence-corrected chi connectivity index (χ4v) is 2.46. The summed E-state index contributed by atoms with van der Waals surface area (Å²) in [5, 5.41) is 9.88. The van der Waals surface area contributed by atoms with Crippen LogP contribution < -0.4 is 0 Å². The van der Waals surface area contributed by atoms with Gasteiger partial charge in [0, 0.05) is 38.6 Å². The highest BCUT2D eigenvalue weighted by Crippen LogP contribution is 2.15. The second-order valence-corrected chi connectivity index (χ2v) is 5.25. The van der Waals surface area contributed by atoms with Crippen molar-refractivity contribution < 1.29 is 9.84 Å². The van der Waals surface area contributed by atoms with Gasteiger partial charge in [0.15, 0.2) is 0 Å². The standard InChI is InChI=1S/C15H24N2O2/c1-2-14(18)11-17(12-15-6-4-8-19-15)10-13-5-3-7-16-9-13/h3,5,7,9,14-15,18H,2,4,6,8,10-12H2,1H3. The highest BCUT2D eigenvalue weighted by Gasteiger charge is 2.20. The Morgan fingerprint density at radius 1 is 1.58 bits per heavy atom. The normalized spacial score (nSPS) is 20.9. The molecule has 4 nitrogen and oxygen atoms in total. The molecule has 0 radical (unpaired) electrons. The molecule has 2 rings (SSSR count). The number of aliphatic hydroxyl groups is 1. The molecule has 0 spiro atoms. The molecule has 1 aromatic rings. The zero-order valence-electron chi connectivity index (χ0n) is 11.7. The van der Waals surface area contributed by atoms with E-state index < -0.39 is 0 Å². The number of nitrogens with zero attached hydrogens (tertiary/aromatic N) is 2. The van der Waals surface area contributed by atoms with Crippen LogP contribution in [0.5, 0.6) is 0 Å². The Labute approximate surface area is 115 Å². The number of rotatable bonds is 7. The van der Waals surface area contributed by atoms with Gasteiger partial charge in [0.05, 0.1) is 12.2 Å². The lowest BCUT2D eigenvalue weighted by Gasteiger charge is -2.27. The molecular formula is C15H24N2O2. The van der Waals surface area contributed by atoms with Crippen LogP contribution >= 0.6 is 0 Å². The molecule has 2 atom stereocenters. The van der Waals surface area contributed by atoms with Gasteiger partial charge in [-0.05, 0) is 30.9 Å². The highest BCUT2D eigenvalue weighted by atomic mass is 16.5. The zero-order valence-corrected chi connectivity index (χ0v) is 11.7. The molecule has 0 aromatic carbocycles. The molecule has 1 fully saturated rings. The van der Waals surface area contributed by atoms with Gasteiger partial charge in [-0.15, -0.1) is 0 Å². The largest absolute Gasteiger partial charge is 0.392 e. The van der Waals surface area contributed by atoms with Crippen molar-refractivity contribution in [1.29, 1.82) is 0 Å². The minimum Gasteiger partial charge on any atom is -0.392 e. The number of pyridine rings is 1. The minimum atomic E-state index is -0.266. The van der Waals surface area contributed by atoms with E-state index in [0.29, 0.717) is 12.6 Å². The predicted octanol–water partition coefficient (Wildman–Crippen LogP) is 1.83. The maximum absolute atomic E-state index is 9.88. The van der Waals surface area contributed by atoms with Crippen LogP contribution in [0.3, 0.4) is 0 Å². The fraction of sp³-hybridized carbons (Fsp3) is 0.667. The number of hydrogen-bond donors (Lipinski definition) is 1. The molecule has 4 heteroatoms. The van der Waals surface area contributed by atoms with Crippen molar-refractivity contribution in [3.63, 3.8) is 0 Å². The summed E-state index contributed by atoms with van der Waals surface area (Å²) in [6.45, 7) is 5.31. The van der Waals surface area contributed by atoms with E-state index in [9.17, 15) is 5.11 Å². The number of aromatic nitrogens is 1. The summed E-state index contributed by atoms with van der Waals surface area (Å²) in [4.78, 5) is 6.43. The first-order chi connectivity index (χ1) is 9.28. The van der Waals surface area contributed by atoms with Crippen LogP contribution in [0, 0.1) is 0 Å². The first-order valence-electron chi connectivity index (χ1n) is 7.19. The third-order valence-electron chi connectivity index (χ3n) is 3.55. The summed E-state index contributed by atoms with van der Waals surface area (Å²) in [6, 6.07) is 4.03. The van der Waals surface area contributed by atoms with Gasteiger partial charge in [-0.25, -0.2) is 0 Å². The Hall–Kier alpha value is -0.970. The Morgan fingerprint density at radius 3 is 3.11 bits per heavy atom. The van der Waals surface area contributed by atoms with Crippen LogP contribution in [0.25, 0.3) is 0 Å². The highest BCUT2D eigenvalue weighted by molar-refractivity contribution is 5.08. The van der Waals surface area contributed by atoms with Crippen LogP contribution in [-0.2, 0) is 11.3 Å². The molecule has 1 aromatic heterocycles. The first kappa shape index (κ1) is 14.4. The number of ether oxygens (including phenoxy) is 1. The smallest absolute Gasteiger partial charge is 0.0702 e. The van der Waals surface area contributed by atoms with Crippen molar-refractivity contribution in [1.82, 2.24) is 9.88 Å². The summed E-state index contributed by atoms with van der Waals surface area (Å²) >= 11 is 0. The summed E-state index contributed by atoms with van der Waals surface area (Å²) in [7, 11) is 0. The third-order valence-corrected chi connectivity index (χ3v) is 3.55. The van der Waals surface area contributed by atoms with Gasteiger partial charge in [0.2, 0.25) is 0 Å². The molecule has 19 heavy (non-hydrogen) atoms. The Morgan fingerprint density at radius 2 is 2.47 bits per heavy atom. The molecule has 0 bridgehead atoms. The predicted molar refractivity (Wildman–Crippen MR) is 74.8 cm³/mol. The van der Waals surface area contributed by atoms with E-state index in [4.69, 9.17) is 4.74 Å². The second-order valence-electron chi connectivity index (χ2n) is 5.25. The minimum absolute atomic E-state index is 0.266. The molecular weight excluding hydrogens is 240 g/mol. The second kappa shape index (κ2) is 7.58. The van der Waals surface area contributed by atoms with Crippen molar-refractivity contribution in [2.75, 3.05) is 19.7 Å². The van der Waals surface area contributed by atoms with Gasteiger partial charge in [-0.1, -0.05) is 13.0 Å². The Balaban J connectivity index is 1.92. The lowest BCUT2D eigenvalue weighted by Crippen LogP contribution is -2.37. The molecule has 1 aliphatic rings. The fourth-order valence-electron chi connectivity index (χ4n) is 2.46.